The van der Waals surface area contributed by atoms with Crippen molar-refractivity contribution in [1.29, 1.82) is 0 Å². The summed E-state index contributed by atoms with van der Waals surface area (Å²) in [6.07, 6.45) is 4.54. The minimum absolute atomic E-state index is 0.145. The van der Waals surface area contributed by atoms with Gasteiger partial charge in [0.2, 0.25) is 5.95 Å². The third-order valence-corrected chi connectivity index (χ3v) is 5.79. The molecule has 1 unspecified atom stereocenters. The van der Waals surface area contributed by atoms with Crippen LogP contribution < -0.4 is 16.0 Å². The standard InChI is InChI=1S/C20H26N6/c1-13-10-23-18(21)9-20(13,3)16-5-4-15-12-24-19(25-17(15)8-16)26-7-6-22-11-14(26)2/h4-5,8,10,12,14,22H,6-7,9,11H2,1-3H3,(H2,21,23)/t14-,20?/m0/s1. The largest absolute Gasteiger partial charge is 0.387 e. The van der Waals surface area contributed by atoms with Gasteiger partial charge in [-0.3, -0.25) is 0 Å². The number of nitrogens with two attached hydrogens (primary N) is 1. The number of aliphatic imine (C=N–C) groups is 1. The summed E-state index contributed by atoms with van der Waals surface area (Å²) in [5.74, 6) is 1.49. The average Bonchev–Trinajstić information content (AvgIpc) is 2.64. The lowest BCUT2D eigenvalue weighted by molar-refractivity contribution is 0.493. The lowest BCUT2D eigenvalue weighted by atomic mass is 9.73. The van der Waals surface area contributed by atoms with Gasteiger partial charge in [0.1, 0.15) is 5.84 Å². The van der Waals surface area contributed by atoms with E-state index >= 15 is 0 Å². The zero-order valence-electron chi connectivity index (χ0n) is 15.7. The highest BCUT2D eigenvalue weighted by molar-refractivity contribution is 5.85. The van der Waals surface area contributed by atoms with Gasteiger partial charge in [-0.25, -0.2) is 15.0 Å². The number of benzene rings is 1. The van der Waals surface area contributed by atoms with Crippen molar-refractivity contribution in [1.82, 2.24) is 15.3 Å². The molecule has 1 fully saturated rings. The first-order chi connectivity index (χ1) is 12.5. The molecule has 0 bridgehead atoms. The predicted molar refractivity (Wildman–Crippen MR) is 107 cm³/mol. The fourth-order valence-electron chi connectivity index (χ4n) is 3.83. The number of fused-ring (bicyclic) bond motifs is 1. The highest BCUT2D eigenvalue weighted by Crippen LogP contribution is 2.38. The number of piperazine rings is 1. The van der Waals surface area contributed by atoms with Gasteiger partial charge in [0.25, 0.3) is 0 Å². The Labute approximate surface area is 154 Å². The van der Waals surface area contributed by atoms with Crippen LogP contribution in [0.4, 0.5) is 5.95 Å². The second-order valence-corrected chi connectivity index (χ2v) is 7.63. The van der Waals surface area contributed by atoms with Crippen LogP contribution in [0.2, 0.25) is 0 Å². The first-order valence-corrected chi connectivity index (χ1v) is 9.21. The molecule has 0 amide bonds. The predicted octanol–water partition coefficient (Wildman–Crippen LogP) is 2.35. The minimum atomic E-state index is -0.145. The monoisotopic (exact) mass is 350 g/mol. The van der Waals surface area contributed by atoms with Crippen molar-refractivity contribution >= 4 is 22.7 Å². The molecule has 3 heterocycles. The van der Waals surface area contributed by atoms with Gasteiger partial charge in [-0.15, -0.1) is 0 Å². The van der Waals surface area contributed by atoms with Crippen LogP contribution in [0, 0.1) is 0 Å². The van der Waals surface area contributed by atoms with Crippen LogP contribution in [-0.4, -0.2) is 41.5 Å². The Kier molecular flexibility index (Phi) is 4.15. The van der Waals surface area contributed by atoms with E-state index in [1.165, 1.54) is 11.1 Å². The van der Waals surface area contributed by atoms with Gasteiger partial charge < -0.3 is 16.0 Å². The smallest absolute Gasteiger partial charge is 0.226 e. The molecule has 2 aromatic rings. The van der Waals surface area contributed by atoms with E-state index in [2.05, 4.69) is 59.2 Å². The van der Waals surface area contributed by atoms with E-state index in [9.17, 15) is 0 Å². The summed E-state index contributed by atoms with van der Waals surface area (Å²) in [5.41, 5.74) is 9.30. The highest BCUT2D eigenvalue weighted by atomic mass is 15.3. The molecule has 26 heavy (non-hydrogen) atoms. The van der Waals surface area contributed by atoms with E-state index in [4.69, 9.17) is 10.7 Å². The fraction of sp³-hybridized carbons (Fsp3) is 0.450. The number of hydrogen-bond donors (Lipinski definition) is 2. The third kappa shape index (κ3) is 2.84. The lowest BCUT2D eigenvalue weighted by Gasteiger charge is -2.34. The molecule has 4 rings (SSSR count). The van der Waals surface area contributed by atoms with E-state index in [1.807, 2.05) is 12.4 Å². The lowest BCUT2D eigenvalue weighted by Crippen LogP contribution is -2.50. The highest BCUT2D eigenvalue weighted by Gasteiger charge is 2.32. The first kappa shape index (κ1) is 17.0. The molecule has 1 aromatic heterocycles. The summed E-state index contributed by atoms with van der Waals surface area (Å²) in [6, 6.07) is 6.84. The SMILES string of the molecule is CC1=CN=C(N)CC1(C)c1ccc2cnc(N3CCNC[C@@H]3C)nc2c1. The van der Waals surface area contributed by atoms with Gasteiger partial charge in [-0.1, -0.05) is 19.1 Å². The molecule has 3 N–H and O–H groups in total. The van der Waals surface area contributed by atoms with Gasteiger partial charge >= 0.3 is 0 Å². The summed E-state index contributed by atoms with van der Waals surface area (Å²) in [7, 11) is 0. The van der Waals surface area contributed by atoms with Gasteiger partial charge in [0, 0.05) is 55.3 Å². The number of aromatic nitrogens is 2. The molecule has 0 aliphatic carbocycles. The second-order valence-electron chi connectivity index (χ2n) is 7.63. The van der Waals surface area contributed by atoms with Crippen molar-refractivity contribution in [2.45, 2.75) is 38.6 Å². The molecule has 2 aliphatic rings. The molecule has 6 nitrogen and oxygen atoms in total. The fourth-order valence-corrected chi connectivity index (χ4v) is 3.83. The molecule has 6 heteroatoms. The second kappa shape index (κ2) is 6.36. The summed E-state index contributed by atoms with van der Waals surface area (Å²) in [5, 5.41) is 4.47. The quantitative estimate of drug-likeness (QED) is 0.869. The van der Waals surface area contributed by atoms with E-state index in [-0.39, 0.29) is 5.41 Å². The molecule has 0 spiro atoms. The molecule has 1 aromatic carbocycles. The van der Waals surface area contributed by atoms with Crippen molar-refractivity contribution in [2.24, 2.45) is 10.7 Å². The van der Waals surface area contributed by atoms with Gasteiger partial charge in [-0.2, -0.15) is 0 Å². The van der Waals surface area contributed by atoms with Crippen LogP contribution in [-0.2, 0) is 5.41 Å². The first-order valence-electron chi connectivity index (χ1n) is 9.21. The Balaban J connectivity index is 1.75. The zero-order valence-corrected chi connectivity index (χ0v) is 15.7. The van der Waals surface area contributed by atoms with Crippen LogP contribution in [0.5, 0.6) is 0 Å². The zero-order chi connectivity index (χ0) is 18.3. The van der Waals surface area contributed by atoms with Crippen molar-refractivity contribution in [3.63, 3.8) is 0 Å². The molecule has 2 atom stereocenters. The van der Waals surface area contributed by atoms with Crippen LogP contribution in [0.15, 0.2) is 41.2 Å². The topological polar surface area (TPSA) is 79.4 Å². The molecular formula is C20H26N6. The Morgan fingerprint density at radius 2 is 2.19 bits per heavy atom. The maximum absolute atomic E-state index is 6.03. The maximum Gasteiger partial charge on any atom is 0.226 e. The molecule has 0 saturated carbocycles. The van der Waals surface area contributed by atoms with Crippen molar-refractivity contribution < 1.29 is 0 Å². The Bertz CT molecular complexity index is 902. The summed E-state index contributed by atoms with van der Waals surface area (Å²) in [6.45, 7) is 9.40. The molecule has 2 aliphatic heterocycles. The molecular weight excluding hydrogens is 324 g/mol. The summed E-state index contributed by atoms with van der Waals surface area (Å²) < 4.78 is 0. The summed E-state index contributed by atoms with van der Waals surface area (Å²) in [4.78, 5) is 16.0. The number of nitrogens with zero attached hydrogens (tertiary/aromatic N) is 4. The third-order valence-electron chi connectivity index (χ3n) is 5.79. The van der Waals surface area contributed by atoms with Crippen LogP contribution in [0.1, 0.15) is 32.8 Å². The average molecular weight is 350 g/mol. The Hall–Kier alpha value is -2.47. The van der Waals surface area contributed by atoms with E-state index in [0.29, 0.717) is 11.9 Å². The normalized spacial score (nSPS) is 26.6. The molecule has 136 valence electrons. The number of amidine groups is 1. The van der Waals surface area contributed by atoms with Crippen molar-refractivity contribution in [2.75, 3.05) is 24.5 Å². The summed E-state index contributed by atoms with van der Waals surface area (Å²) >= 11 is 0. The van der Waals surface area contributed by atoms with E-state index in [1.54, 1.807) is 0 Å². The Morgan fingerprint density at radius 1 is 1.35 bits per heavy atom. The van der Waals surface area contributed by atoms with Crippen molar-refractivity contribution in [3.8, 4) is 0 Å². The maximum atomic E-state index is 6.03. The van der Waals surface area contributed by atoms with E-state index < -0.39 is 0 Å². The number of rotatable bonds is 2. The van der Waals surface area contributed by atoms with Crippen LogP contribution >= 0.6 is 0 Å². The van der Waals surface area contributed by atoms with Gasteiger partial charge in [0.05, 0.1) is 5.52 Å². The Morgan fingerprint density at radius 3 is 3.00 bits per heavy atom. The molecule has 1 saturated heterocycles. The van der Waals surface area contributed by atoms with E-state index in [0.717, 1.165) is 42.9 Å². The molecule has 0 radical (unpaired) electrons. The minimum Gasteiger partial charge on any atom is -0.387 e. The number of nitrogens with one attached hydrogen (secondary N) is 1. The van der Waals surface area contributed by atoms with Gasteiger partial charge in [-0.05, 0) is 31.1 Å². The van der Waals surface area contributed by atoms with Crippen LogP contribution in [0.25, 0.3) is 10.9 Å². The number of anilines is 1. The van der Waals surface area contributed by atoms with Gasteiger partial charge in [0.15, 0.2) is 0 Å². The van der Waals surface area contributed by atoms with Crippen molar-refractivity contribution in [3.05, 3.63) is 41.7 Å². The number of allylic oxidation sites excluding steroid dienone is 1. The van der Waals surface area contributed by atoms with Crippen LogP contribution in [0.3, 0.4) is 0 Å². The number of hydrogen-bond acceptors (Lipinski definition) is 6.